The number of carbonyl (C=O) groups excluding carboxylic acids is 1. The molecular formula is C18H26N6O. The van der Waals surface area contributed by atoms with Gasteiger partial charge in [-0.05, 0) is 13.8 Å². The zero-order chi connectivity index (χ0) is 18.0. The molecule has 7 heteroatoms. The number of aryl methyl sites for hydroxylation is 1. The minimum absolute atomic E-state index is 0.138. The van der Waals surface area contributed by atoms with Crippen molar-refractivity contribution in [1.29, 1.82) is 0 Å². The minimum atomic E-state index is -0.220. The SMILES string of the molecule is Cc1cc(N2CCN(C(=O)[C@@H](C)n3ccnc3)CC2)nc(C(C)C)n1. The maximum atomic E-state index is 12.7. The zero-order valence-corrected chi connectivity index (χ0v) is 15.4. The van der Waals surface area contributed by atoms with Crippen LogP contribution in [0.25, 0.3) is 0 Å². The number of rotatable bonds is 4. The van der Waals surface area contributed by atoms with Gasteiger partial charge in [0.25, 0.3) is 0 Å². The van der Waals surface area contributed by atoms with Gasteiger partial charge in [-0.2, -0.15) is 0 Å². The molecule has 2 aromatic rings. The Balaban J connectivity index is 1.65. The van der Waals surface area contributed by atoms with E-state index in [-0.39, 0.29) is 11.9 Å². The van der Waals surface area contributed by atoms with Gasteiger partial charge in [-0.25, -0.2) is 15.0 Å². The summed E-state index contributed by atoms with van der Waals surface area (Å²) in [6.45, 7) is 11.1. The van der Waals surface area contributed by atoms with E-state index in [2.05, 4.69) is 28.7 Å². The Bertz CT molecular complexity index is 719. The first-order valence-corrected chi connectivity index (χ1v) is 8.82. The molecule has 0 N–H and O–H groups in total. The van der Waals surface area contributed by atoms with Crippen LogP contribution in [0.4, 0.5) is 5.82 Å². The molecule has 7 nitrogen and oxygen atoms in total. The molecule has 3 heterocycles. The number of hydrogen-bond acceptors (Lipinski definition) is 5. The summed E-state index contributed by atoms with van der Waals surface area (Å²) < 4.78 is 1.84. The first kappa shape index (κ1) is 17.4. The minimum Gasteiger partial charge on any atom is -0.353 e. The first-order valence-electron chi connectivity index (χ1n) is 8.82. The largest absolute Gasteiger partial charge is 0.353 e. The maximum Gasteiger partial charge on any atom is 0.245 e. The summed E-state index contributed by atoms with van der Waals surface area (Å²) in [6, 6.07) is 1.81. The average Bonchev–Trinajstić information content (AvgIpc) is 3.14. The molecule has 0 spiro atoms. The lowest BCUT2D eigenvalue weighted by atomic mass is 10.2. The van der Waals surface area contributed by atoms with Gasteiger partial charge in [0.05, 0.1) is 6.33 Å². The first-order chi connectivity index (χ1) is 12.0. The van der Waals surface area contributed by atoms with Gasteiger partial charge in [0, 0.05) is 56.3 Å². The number of piperazine rings is 1. The second kappa shape index (κ2) is 7.21. The van der Waals surface area contributed by atoms with Crippen molar-refractivity contribution >= 4 is 11.7 Å². The Morgan fingerprint density at radius 2 is 1.84 bits per heavy atom. The molecule has 1 atom stereocenters. The van der Waals surface area contributed by atoms with Crippen LogP contribution in [0, 0.1) is 6.92 Å². The number of hydrogen-bond donors (Lipinski definition) is 0. The van der Waals surface area contributed by atoms with E-state index in [0.717, 1.165) is 30.4 Å². The summed E-state index contributed by atoms with van der Waals surface area (Å²) in [5.41, 5.74) is 0.987. The molecule has 1 aliphatic heterocycles. The van der Waals surface area contributed by atoms with Gasteiger partial charge in [-0.1, -0.05) is 13.8 Å². The molecule has 2 aromatic heterocycles. The molecule has 0 bridgehead atoms. The quantitative estimate of drug-likeness (QED) is 0.850. The predicted molar refractivity (Wildman–Crippen MR) is 96.6 cm³/mol. The molecule has 0 aromatic carbocycles. The molecule has 1 aliphatic rings. The van der Waals surface area contributed by atoms with E-state index in [4.69, 9.17) is 4.98 Å². The molecule has 134 valence electrons. The fourth-order valence-electron chi connectivity index (χ4n) is 3.04. The third kappa shape index (κ3) is 3.81. The number of anilines is 1. The van der Waals surface area contributed by atoms with Crippen molar-refractivity contribution < 1.29 is 4.79 Å². The molecule has 3 rings (SSSR count). The van der Waals surface area contributed by atoms with Crippen LogP contribution in [-0.2, 0) is 4.79 Å². The van der Waals surface area contributed by atoms with Gasteiger partial charge < -0.3 is 14.4 Å². The van der Waals surface area contributed by atoms with Gasteiger partial charge >= 0.3 is 0 Å². The van der Waals surface area contributed by atoms with E-state index in [1.807, 2.05) is 35.6 Å². The fraction of sp³-hybridized carbons (Fsp3) is 0.556. The molecule has 0 radical (unpaired) electrons. The second-order valence-electron chi connectivity index (χ2n) is 6.88. The van der Waals surface area contributed by atoms with Crippen molar-refractivity contribution in [1.82, 2.24) is 24.4 Å². The smallest absolute Gasteiger partial charge is 0.245 e. The molecule has 1 saturated heterocycles. The lowest BCUT2D eigenvalue weighted by molar-refractivity contribution is -0.134. The standard InChI is InChI=1S/C18H26N6O/c1-13(2)17-20-14(3)11-16(21-17)22-7-9-23(10-8-22)18(25)15(4)24-6-5-19-12-24/h5-6,11-13,15H,7-10H2,1-4H3/t15-/m1/s1. The third-order valence-corrected chi connectivity index (χ3v) is 4.62. The number of nitrogens with zero attached hydrogens (tertiary/aromatic N) is 6. The van der Waals surface area contributed by atoms with Gasteiger partial charge in [0.2, 0.25) is 5.91 Å². The van der Waals surface area contributed by atoms with Crippen LogP contribution >= 0.6 is 0 Å². The maximum absolute atomic E-state index is 12.7. The van der Waals surface area contributed by atoms with Gasteiger partial charge in [-0.3, -0.25) is 4.79 Å². The Labute approximate surface area is 148 Å². The van der Waals surface area contributed by atoms with Crippen LogP contribution in [0.1, 0.15) is 44.2 Å². The van der Waals surface area contributed by atoms with Gasteiger partial charge in [0.1, 0.15) is 17.7 Å². The monoisotopic (exact) mass is 342 g/mol. The molecular weight excluding hydrogens is 316 g/mol. The van der Waals surface area contributed by atoms with E-state index < -0.39 is 0 Å². The van der Waals surface area contributed by atoms with Crippen LogP contribution in [-0.4, -0.2) is 56.5 Å². The van der Waals surface area contributed by atoms with E-state index in [1.165, 1.54) is 0 Å². The summed E-state index contributed by atoms with van der Waals surface area (Å²) >= 11 is 0. The van der Waals surface area contributed by atoms with Crippen molar-refractivity contribution in [3.05, 3.63) is 36.3 Å². The number of aromatic nitrogens is 4. The van der Waals surface area contributed by atoms with Crippen LogP contribution in [0.15, 0.2) is 24.8 Å². The van der Waals surface area contributed by atoms with Crippen molar-refractivity contribution in [2.24, 2.45) is 0 Å². The number of amides is 1. The van der Waals surface area contributed by atoms with E-state index >= 15 is 0 Å². The van der Waals surface area contributed by atoms with Crippen molar-refractivity contribution in [3.8, 4) is 0 Å². The molecule has 25 heavy (non-hydrogen) atoms. The molecule has 1 fully saturated rings. The molecule has 0 aliphatic carbocycles. The Morgan fingerprint density at radius 1 is 1.12 bits per heavy atom. The van der Waals surface area contributed by atoms with E-state index in [9.17, 15) is 4.79 Å². The number of carbonyl (C=O) groups is 1. The van der Waals surface area contributed by atoms with E-state index in [1.54, 1.807) is 12.5 Å². The van der Waals surface area contributed by atoms with Crippen LogP contribution < -0.4 is 4.90 Å². The predicted octanol–water partition coefficient (Wildman–Crippen LogP) is 2.01. The highest BCUT2D eigenvalue weighted by Crippen LogP contribution is 2.19. The molecule has 1 amide bonds. The Morgan fingerprint density at radius 3 is 2.44 bits per heavy atom. The van der Waals surface area contributed by atoms with Crippen LogP contribution in [0.3, 0.4) is 0 Å². The van der Waals surface area contributed by atoms with Crippen molar-refractivity contribution in [2.75, 3.05) is 31.1 Å². The zero-order valence-electron chi connectivity index (χ0n) is 15.4. The summed E-state index contributed by atoms with van der Waals surface area (Å²) in [7, 11) is 0. The van der Waals surface area contributed by atoms with Crippen molar-refractivity contribution in [3.63, 3.8) is 0 Å². The highest BCUT2D eigenvalue weighted by Gasteiger charge is 2.26. The third-order valence-electron chi connectivity index (χ3n) is 4.62. The molecule has 0 saturated carbocycles. The topological polar surface area (TPSA) is 67.2 Å². The van der Waals surface area contributed by atoms with Crippen LogP contribution in [0.2, 0.25) is 0 Å². The van der Waals surface area contributed by atoms with Gasteiger partial charge in [0.15, 0.2) is 0 Å². The highest BCUT2D eigenvalue weighted by molar-refractivity contribution is 5.80. The summed E-state index contributed by atoms with van der Waals surface area (Å²) in [6.07, 6.45) is 5.22. The average molecular weight is 342 g/mol. The lowest BCUT2D eigenvalue weighted by Gasteiger charge is -2.36. The second-order valence-corrected chi connectivity index (χ2v) is 6.88. The van der Waals surface area contributed by atoms with Crippen molar-refractivity contribution in [2.45, 2.75) is 39.7 Å². The fourth-order valence-corrected chi connectivity index (χ4v) is 3.04. The number of imidazole rings is 1. The Kier molecular flexibility index (Phi) is 5.01. The highest BCUT2D eigenvalue weighted by atomic mass is 16.2. The summed E-state index contributed by atoms with van der Waals surface area (Å²) in [4.78, 5) is 30.1. The normalized spacial score (nSPS) is 16.4. The van der Waals surface area contributed by atoms with Crippen LogP contribution in [0.5, 0.6) is 0 Å². The van der Waals surface area contributed by atoms with E-state index in [0.29, 0.717) is 19.0 Å². The summed E-state index contributed by atoms with van der Waals surface area (Å²) in [5, 5.41) is 0. The molecule has 0 unspecified atom stereocenters. The summed E-state index contributed by atoms with van der Waals surface area (Å²) in [5.74, 6) is 2.28. The lowest BCUT2D eigenvalue weighted by Crippen LogP contribution is -2.50. The van der Waals surface area contributed by atoms with Gasteiger partial charge in [-0.15, -0.1) is 0 Å². The Hall–Kier alpha value is -2.44.